The average Bonchev–Trinajstić information content (AvgIpc) is 2.95. The number of anilines is 1. The second-order valence-electron chi connectivity index (χ2n) is 7.59. The number of thioether (sulfide) groups is 1. The highest BCUT2D eigenvalue weighted by Crippen LogP contribution is 2.27. The summed E-state index contributed by atoms with van der Waals surface area (Å²) in [7, 11) is 0. The van der Waals surface area contributed by atoms with Crippen LogP contribution in [0.4, 0.5) is 18.9 Å². The number of nitrogens with one attached hydrogen (secondary N) is 1. The molecule has 0 aliphatic carbocycles. The van der Waals surface area contributed by atoms with E-state index in [0.29, 0.717) is 23.7 Å². The van der Waals surface area contributed by atoms with E-state index in [0.717, 1.165) is 0 Å². The zero-order valence-corrected chi connectivity index (χ0v) is 15.8. The van der Waals surface area contributed by atoms with Gasteiger partial charge in [0.15, 0.2) is 0 Å². The molecule has 144 valence electrons. The van der Waals surface area contributed by atoms with E-state index < -0.39 is 18.6 Å². The van der Waals surface area contributed by atoms with Crippen molar-refractivity contribution in [1.82, 2.24) is 4.90 Å². The summed E-state index contributed by atoms with van der Waals surface area (Å²) in [6.07, 6.45) is -4.92. The molecule has 4 nitrogen and oxygen atoms in total. The minimum absolute atomic E-state index is 0.0665. The Balaban J connectivity index is 1.99. The summed E-state index contributed by atoms with van der Waals surface area (Å²) in [5.41, 5.74) is 0.384. The van der Waals surface area contributed by atoms with Crippen LogP contribution in [0.3, 0.4) is 0 Å². The van der Waals surface area contributed by atoms with Crippen molar-refractivity contribution in [2.45, 2.75) is 45.8 Å². The van der Waals surface area contributed by atoms with Gasteiger partial charge >= 0.3 is 6.18 Å². The van der Waals surface area contributed by atoms with Gasteiger partial charge < -0.3 is 10.2 Å². The van der Waals surface area contributed by atoms with Crippen molar-refractivity contribution < 1.29 is 22.8 Å². The molecule has 0 bridgehead atoms. The molecule has 1 N–H and O–H groups in total. The second kappa shape index (κ2) is 7.90. The first kappa shape index (κ1) is 20.6. The number of halogens is 3. The van der Waals surface area contributed by atoms with E-state index in [4.69, 9.17) is 0 Å². The lowest BCUT2D eigenvalue weighted by atomic mass is 9.91. The number of nitrogens with zero attached hydrogens (tertiary/aromatic N) is 1. The molecule has 0 saturated carbocycles. The highest BCUT2D eigenvalue weighted by molar-refractivity contribution is 7.99. The Morgan fingerprint density at radius 1 is 1.19 bits per heavy atom. The number of carbonyl (C=O) groups excluding carboxylic acids is 2. The number of hydrogen-bond donors (Lipinski definition) is 1. The maximum absolute atomic E-state index is 12.5. The van der Waals surface area contributed by atoms with Gasteiger partial charge in [0, 0.05) is 17.9 Å². The minimum atomic E-state index is -4.26. The number of alkyl halides is 3. The quantitative estimate of drug-likeness (QED) is 0.846. The molecule has 0 aromatic heterocycles. The lowest BCUT2D eigenvalue weighted by Gasteiger charge is -2.26. The number of benzene rings is 1. The molecular weight excluding hydrogens is 365 g/mol. The Morgan fingerprint density at radius 2 is 1.81 bits per heavy atom. The molecule has 1 atom stereocenters. The van der Waals surface area contributed by atoms with Gasteiger partial charge in [0.25, 0.3) is 0 Å². The molecule has 26 heavy (non-hydrogen) atoms. The molecule has 0 radical (unpaired) electrons. The molecule has 2 amide bonds. The lowest BCUT2D eigenvalue weighted by Crippen LogP contribution is -2.45. The number of hydrogen-bond acceptors (Lipinski definition) is 3. The highest BCUT2D eigenvalue weighted by Gasteiger charge is 2.36. The fourth-order valence-electron chi connectivity index (χ4n) is 2.62. The molecule has 1 aliphatic heterocycles. The van der Waals surface area contributed by atoms with Crippen LogP contribution >= 0.6 is 11.8 Å². The Bertz CT molecular complexity index is 654. The highest BCUT2D eigenvalue weighted by atomic mass is 32.2. The first-order chi connectivity index (χ1) is 11.9. The zero-order chi connectivity index (χ0) is 19.5. The van der Waals surface area contributed by atoms with Crippen molar-refractivity contribution in [2.24, 2.45) is 5.41 Å². The molecule has 0 spiro atoms. The Hall–Kier alpha value is -1.70. The Kier molecular flexibility index (Phi) is 6.26. The van der Waals surface area contributed by atoms with Crippen molar-refractivity contribution >= 4 is 29.3 Å². The first-order valence-electron chi connectivity index (χ1n) is 8.28. The molecule has 1 unspecified atom stereocenters. The molecule has 1 aromatic rings. The monoisotopic (exact) mass is 388 g/mol. The molecule has 1 fully saturated rings. The summed E-state index contributed by atoms with van der Waals surface area (Å²) < 4.78 is 37.1. The van der Waals surface area contributed by atoms with Crippen molar-refractivity contribution in [3.63, 3.8) is 0 Å². The van der Waals surface area contributed by atoms with E-state index in [1.54, 1.807) is 4.90 Å². The average molecular weight is 388 g/mol. The Labute approximate surface area is 155 Å². The number of rotatable bonds is 4. The third kappa shape index (κ3) is 6.23. The van der Waals surface area contributed by atoms with Crippen LogP contribution in [0, 0.1) is 5.41 Å². The third-order valence-electron chi connectivity index (χ3n) is 3.81. The number of carbonyl (C=O) groups is 2. The van der Waals surface area contributed by atoms with Gasteiger partial charge in [0.05, 0.1) is 12.3 Å². The van der Waals surface area contributed by atoms with Gasteiger partial charge in [0.1, 0.15) is 6.04 Å². The van der Waals surface area contributed by atoms with Crippen LogP contribution in [0.25, 0.3) is 0 Å². The molecule has 1 heterocycles. The van der Waals surface area contributed by atoms with Gasteiger partial charge in [-0.1, -0.05) is 32.9 Å². The van der Waals surface area contributed by atoms with Gasteiger partial charge in [-0.3, -0.25) is 9.59 Å². The zero-order valence-electron chi connectivity index (χ0n) is 15.0. The molecule has 1 aliphatic rings. The predicted octanol–water partition coefficient (Wildman–Crippen LogP) is 4.07. The van der Waals surface area contributed by atoms with Crippen LogP contribution in [-0.2, 0) is 16.0 Å². The van der Waals surface area contributed by atoms with E-state index >= 15 is 0 Å². The molecule has 1 saturated heterocycles. The van der Waals surface area contributed by atoms with Gasteiger partial charge in [-0.25, -0.2) is 0 Å². The van der Waals surface area contributed by atoms with E-state index in [1.165, 1.54) is 36.0 Å². The van der Waals surface area contributed by atoms with Crippen LogP contribution in [0.5, 0.6) is 0 Å². The summed E-state index contributed by atoms with van der Waals surface area (Å²) in [6.45, 7) is 5.89. The second-order valence-corrected chi connectivity index (χ2v) is 8.59. The third-order valence-corrected chi connectivity index (χ3v) is 4.83. The van der Waals surface area contributed by atoms with E-state index in [9.17, 15) is 22.8 Å². The lowest BCUT2D eigenvalue weighted by molar-refractivity contribution is -0.137. The van der Waals surface area contributed by atoms with Gasteiger partial charge in [0.2, 0.25) is 11.8 Å². The predicted molar refractivity (Wildman–Crippen MR) is 96.9 cm³/mol. The smallest absolute Gasteiger partial charge is 0.324 e. The summed E-state index contributed by atoms with van der Waals surface area (Å²) in [5.74, 6) is 0.592. The van der Waals surface area contributed by atoms with E-state index in [2.05, 4.69) is 5.32 Å². The maximum atomic E-state index is 12.5. The van der Waals surface area contributed by atoms with E-state index in [-0.39, 0.29) is 22.8 Å². The fraction of sp³-hybridized carbons (Fsp3) is 0.556. The SMILES string of the molecule is CC(C)(C)CC(=O)N1CSCC1C(=O)Nc1ccc(CC(F)(F)F)cc1. The molecule has 1 aromatic carbocycles. The fourth-order valence-corrected chi connectivity index (χ4v) is 3.80. The minimum Gasteiger partial charge on any atom is -0.324 e. The number of amides is 2. The van der Waals surface area contributed by atoms with Crippen LogP contribution < -0.4 is 5.32 Å². The summed E-state index contributed by atoms with van der Waals surface area (Å²) in [6, 6.07) is 5.01. The van der Waals surface area contributed by atoms with Gasteiger partial charge in [-0.2, -0.15) is 13.2 Å². The maximum Gasteiger partial charge on any atom is 0.393 e. The van der Waals surface area contributed by atoms with Crippen LogP contribution in [0.1, 0.15) is 32.8 Å². The standard InChI is InChI=1S/C18H23F3N2O2S/c1-17(2,3)9-15(24)23-11-26-10-14(23)16(25)22-13-6-4-12(5-7-13)8-18(19,20)21/h4-7,14H,8-11H2,1-3H3,(H,22,25). The Morgan fingerprint density at radius 3 is 2.35 bits per heavy atom. The van der Waals surface area contributed by atoms with E-state index in [1.807, 2.05) is 20.8 Å². The first-order valence-corrected chi connectivity index (χ1v) is 9.44. The van der Waals surface area contributed by atoms with Crippen LogP contribution in [0.15, 0.2) is 24.3 Å². The van der Waals surface area contributed by atoms with Crippen molar-refractivity contribution in [3.8, 4) is 0 Å². The van der Waals surface area contributed by atoms with Crippen molar-refractivity contribution in [2.75, 3.05) is 16.9 Å². The van der Waals surface area contributed by atoms with Crippen LogP contribution in [-0.4, -0.2) is 40.6 Å². The molecular formula is C18H23F3N2O2S. The molecule has 8 heteroatoms. The summed E-state index contributed by atoms with van der Waals surface area (Å²) in [4.78, 5) is 26.5. The van der Waals surface area contributed by atoms with Crippen LogP contribution in [0.2, 0.25) is 0 Å². The van der Waals surface area contributed by atoms with Crippen molar-refractivity contribution in [1.29, 1.82) is 0 Å². The normalized spacial score (nSPS) is 18.1. The molecule has 2 rings (SSSR count). The van der Waals surface area contributed by atoms with Crippen molar-refractivity contribution in [3.05, 3.63) is 29.8 Å². The summed E-state index contributed by atoms with van der Waals surface area (Å²) in [5, 5.41) is 2.69. The topological polar surface area (TPSA) is 49.4 Å². The summed E-state index contributed by atoms with van der Waals surface area (Å²) >= 11 is 1.51. The van der Waals surface area contributed by atoms with Gasteiger partial charge in [-0.15, -0.1) is 11.8 Å². The largest absolute Gasteiger partial charge is 0.393 e. The van der Waals surface area contributed by atoms with Gasteiger partial charge in [-0.05, 0) is 23.1 Å².